The van der Waals surface area contributed by atoms with Gasteiger partial charge in [-0.2, -0.15) is 0 Å². The lowest BCUT2D eigenvalue weighted by Crippen LogP contribution is -2.23. The van der Waals surface area contributed by atoms with Gasteiger partial charge in [0.25, 0.3) is 5.56 Å². The Hall–Kier alpha value is -2.20. The molecule has 0 unspecified atom stereocenters. The van der Waals surface area contributed by atoms with Crippen molar-refractivity contribution in [1.29, 1.82) is 0 Å². The van der Waals surface area contributed by atoms with Crippen LogP contribution >= 0.6 is 11.6 Å². The summed E-state index contributed by atoms with van der Waals surface area (Å²) in [5.41, 5.74) is 2.06. The average molecular weight is 286 g/mol. The van der Waals surface area contributed by atoms with E-state index in [1.807, 2.05) is 19.1 Å². The molecule has 0 aliphatic heterocycles. The Morgan fingerprint density at radius 2 is 2.00 bits per heavy atom. The minimum Gasteiger partial charge on any atom is -0.268 e. The number of benzene rings is 1. The summed E-state index contributed by atoms with van der Waals surface area (Å²) in [5, 5.41) is 1.15. The van der Waals surface area contributed by atoms with Gasteiger partial charge in [0, 0.05) is 11.2 Å². The van der Waals surface area contributed by atoms with E-state index in [2.05, 4.69) is 9.97 Å². The van der Waals surface area contributed by atoms with Crippen LogP contribution in [0.5, 0.6) is 0 Å². The van der Waals surface area contributed by atoms with E-state index in [-0.39, 0.29) is 5.56 Å². The summed E-state index contributed by atoms with van der Waals surface area (Å²) in [6.07, 6.45) is 1.63. The third-order valence-corrected chi connectivity index (χ3v) is 3.45. The van der Waals surface area contributed by atoms with Crippen LogP contribution in [0.4, 0.5) is 0 Å². The molecule has 3 aromatic rings. The van der Waals surface area contributed by atoms with E-state index in [1.165, 1.54) is 0 Å². The Morgan fingerprint density at radius 1 is 1.20 bits per heavy atom. The second-order valence-electron chi connectivity index (χ2n) is 4.60. The quantitative estimate of drug-likeness (QED) is 0.690. The third-order valence-electron chi connectivity index (χ3n) is 3.21. The van der Waals surface area contributed by atoms with Crippen molar-refractivity contribution in [3.63, 3.8) is 0 Å². The highest BCUT2D eigenvalue weighted by Gasteiger charge is 2.12. The van der Waals surface area contributed by atoms with Crippen LogP contribution in [-0.2, 0) is 0 Å². The zero-order valence-electron chi connectivity index (χ0n) is 11.1. The molecule has 1 aromatic carbocycles. The molecule has 0 N–H and O–H groups in total. The molecule has 0 radical (unpaired) electrons. The van der Waals surface area contributed by atoms with Gasteiger partial charge in [-0.05, 0) is 49.7 Å². The lowest BCUT2D eigenvalue weighted by molar-refractivity contribution is 0.882. The Morgan fingerprint density at radius 3 is 2.75 bits per heavy atom. The second-order valence-corrected chi connectivity index (χ2v) is 5.04. The molecule has 0 aliphatic rings. The maximum atomic E-state index is 12.6. The van der Waals surface area contributed by atoms with Crippen molar-refractivity contribution < 1.29 is 0 Å². The standard InChI is InChI=1S/C15H12ClN3O/c1-9-8-11(16)5-6-13(9)19-10(2)18-14-12(15(19)20)4-3-7-17-14/h3-8H,1-2H3. The summed E-state index contributed by atoms with van der Waals surface area (Å²) in [7, 11) is 0. The number of fused-ring (bicyclic) bond motifs is 1. The van der Waals surface area contributed by atoms with Crippen molar-refractivity contribution >= 4 is 22.6 Å². The molecule has 2 aromatic heterocycles. The molecule has 0 atom stereocenters. The van der Waals surface area contributed by atoms with Gasteiger partial charge in [0.2, 0.25) is 0 Å². The fraction of sp³-hybridized carbons (Fsp3) is 0.133. The molecule has 0 amide bonds. The van der Waals surface area contributed by atoms with Gasteiger partial charge in [0.1, 0.15) is 5.82 Å². The highest BCUT2D eigenvalue weighted by molar-refractivity contribution is 6.30. The smallest absolute Gasteiger partial charge is 0.267 e. The lowest BCUT2D eigenvalue weighted by atomic mass is 10.2. The highest BCUT2D eigenvalue weighted by atomic mass is 35.5. The molecule has 5 heteroatoms. The van der Waals surface area contributed by atoms with E-state index in [0.717, 1.165) is 11.3 Å². The van der Waals surface area contributed by atoms with Crippen molar-refractivity contribution in [2.45, 2.75) is 13.8 Å². The van der Waals surface area contributed by atoms with Crippen molar-refractivity contribution in [2.75, 3.05) is 0 Å². The summed E-state index contributed by atoms with van der Waals surface area (Å²) in [6.45, 7) is 3.71. The maximum absolute atomic E-state index is 12.6. The molecule has 0 spiro atoms. The first-order valence-corrected chi connectivity index (χ1v) is 6.56. The first kappa shape index (κ1) is 12.8. The number of hydrogen-bond donors (Lipinski definition) is 0. The lowest BCUT2D eigenvalue weighted by Gasteiger charge is -2.13. The first-order valence-electron chi connectivity index (χ1n) is 6.19. The number of pyridine rings is 1. The first-order chi connectivity index (χ1) is 9.58. The Bertz CT molecular complexity index is 871. The number of aromatic nitrogens is 3. The van der Waals surface area contributed by atoms with Crippen LogP contribution in [0.1, 0.15) is 11.4 Å². The van der Waals surface area contributed by atoms with Gasteiger partial charge in [-0.15, -0.1) is 0 Å². The minimum absolute atomic E-state index is 0.119. The van der Waals surface area contributed by atoms with Crippen LogP contribution in [-0.4, -0.2) is 14.5 Å². The number of rotatable bonds is 1. The molecule has 20 heavy (non-hydrogen) atoms. The van der Waals surface area contributed by atoms with Crippen LogP contribution in [0.15, 0.2) is 41.3 Å². The highest BCUT2D eigenvalue weighted by Crippen LogP contribution is 2.19. The Kier molecular flexibility index (Phi) is 3.03. The summed E-state index contributed by atoms with van der Waals surface area (Å²) in [5.74, 6) is 0.603. The zero-order chi connectivity index (χ0) is 14.3. The van der Waals surface area contributed by atoms with Gasteiger partial charge in [-0.1, -0.05) is 11.6 Å². The van der Waals surface area contributed by atoms with E-state index in [1.54, 1.807) is 35.9 Å². The van der Waals surface area contributed by atoms with E-state index < -0.39 is 0 Å². The van der Waals surface area contributed by atoms with Gasteiger partial charge in [0.15, 0.2) is 5.65 Å². The van der Waals surface area contributed by atoms with Gasteiger partial charge in [0.05, 0.1) is 11.1 Å². The third kappa shape index (κ3) is 1.98. The molecule has 0 saturated heterocycles. The molecular formula is C15H12ClN3O. The van der Waals surface area contributed by atoms with Gasteiger partial charge >= 0.3 is 0 Å². The van der Waals surface area contributed by atoms with Gasteiger partial charge in [-0.3, -0.25) is 9.36 Å². The number of halogens is 1. The van der Waals surface area contributed by atoms with Gasteiger partial charge in [-0.25, -0.2) is 9.97 Å². The molecule has 2 heterocycles. The van der Waals surface area contributed by atoms with Crippen molar-refractivity contribution in [3.8, 4) is 5.69 Å². The zero-order valence-corrected chi connectivity index (χ0v) is 11.8. The van der Waals surface area contributed by atoms with Crippen LogP contribution < -0.4 is 5.56 Å². The molecule has 0 fully saturated rings. The summed E-state index contributed by atoms with van der Waals surface area (Å²) in [6, 6.07) is 8.90. The maximum Gasteiger partial charge on any atom is 0.267 e. The fourth-order valence-electron chi connectivity index (χ4n) is 2.28. The predicted octanol–water partition coefficient (Wildman–Crippen LogP) is 3.05. The Balaban J connectivity index is 2.39. The number of nitrogens with zero attached hydrogens (tertiary/aromatic N) is 3. The summed E-state index contributed by atoms with van der Waals surface area (Å²) < 4.78 is 1.59. The van der Waals surface area contributed by atoms with Crippen molar-refractivity contribution in [3.05, 3.63) is 63.3 Å². The van der Waals surface area contributed by atoms with E-state index >= 15 is 0 Å². The predicted molar refractivity (Wildman–Crippen MR) is 79.6 cm³/mol. The average Bonchev–Trinajstić information content (AvgIpc) is 2.41. The van der Waals surface area contributed by atoms with Crippen LogP contribution in [0.3, 0.4) is 0 Å². The molecule has 0 bridgehead atoms. The van der Waals surface area contributed by atoms with Crippen molar-refractivity contribution in [1.82, 2.24) is 14.5 Å². The normalized spacial score (nSPS) is 10.9. The van der Waals surface area contributed by atoms with Crippen LogP contribution in [0.2, 0.25) is 5.02 Å². The molecule has 100 valence electrons. The topological polar surface area (TPSA) is 47.8 Å². The second kappa shape index (κ2) is 4.72. The number of aryl methyl sites for hydroxylation is 2. The number of hydrogen-bond acceptors (Lipinski definition) is 3. The van der Waals surface area contributed by atoms with E-state index in [0.29, 0.717) is 21.9 Å². The van der Waals surface area contributed by atoms with Gasteiger partial charge < -0.3 is 0 Å². The summed E-state index contributed by atoms with van der Waals surface area (Å²) >= 11 is 5.97. The molecule has 0 aliphatic carbocycles. The monoisotopic (exact) mass is 285 g/mol. The minimum atomic E-state index is -0.119. The van der Waals surface area contributed by atoms with Crippen molar-refractivity contribution in [2.24, 2.45) is 0 Å². The van der Waals surface area contributed by atoms with Crippen LogP contribution in [0, 0.1) is 13.8 Å². The molecular weight excluding hydrogens is 274 g/mol. The largest absolute Gasteiger partial charge is 0.268 e. The van der Waals surface area contributed by atoms with Crippen LogP contribution in [0.25, 0.3) is 16.7 Å². The molecule has 0 saturated carbocycles. The Labute approximate surface area is 120 Å². The molecule has 4 nitrogen and oxygen atoms in total. The SMILES string of the molecule is Cc1cc(Cl)ccc1-n1c(C)nc2ncccc2c1=O. The van der Waals surface area contributed by atoms with E-state index in [9.17, 15) is 4.79 Å². The molecule has 3 rings (SSSR count). The fourth-order valence-corrected chi connectivity index (χ4v) is 2.50. The van der Waals surface area contributed by atoms with E-state index in [4.69, 9.17) is 11.6 Å². The summed E-state index contributed by atoms with van der Waals surface area (Å²) in [4.78, 5) is 21.2.